The average Bonchev–Trinajstić information content (AvgIpc) is 3.25. The van der Waals surface area contributed by atoms with E-state index >= 15 is 0 Å². The molecule has 10 heteroatoms. The van der Waals surface area contributed by atoms with Gasteiger partial charge in [0.05, 0.1) is 13.2 Å². The van der Waals surface area contributed by atoms with E-state index in [9.17, 15) is 24.2 Å². The van der Waals surface area contributed by atoms with Crippen LogP contribution in [-0.2, 0) is 27.9 Å². The number of phosphoric ester groups is 1. The van der Waals surface area contributed by atoms with Gasteiger partial charge in [0, 0.05) is 19.4 Å². The summed E-state index contributed by atoms with van der Waals surface area (Å²) in [4.78, 5) is 34.1. The van der Waals surface area contributed by atoms with Crippen LogP contribution in [0.5, 0.6) is 0 Å². The minimum absolute atomic E-state index is 0.0788. The number of aliphatic hydroxyl groups is 1. The second-order valence-corrected chi connectivity index (χ2v) is 18.2. The van der Waals surface area contributed by atoms with Crippen LogP contribution in [0.2, 0.25) is 0 Å². The molecule has 0 aliphatic carbocycles. The molecular formula is C51H94NO8P. The highest BCUT2D eigenvalue weighted by Crippen LogP contribution is 2.42. The Kier molecular flexibility index (Phi) is 45.9. The average molecular weight is 880 g/mol. The van der Waals surface area contributed by atoms with Gasteiger partial charge in [-0.1, -0.05) is 191 Å². The summed E-state index contributed by atoms with van der Waals surface area (Å²) in [5.74, 6) is -0.519. The number of hydrogen-bond donors (Lipinski definition) is 3. The summed E-state index contributed by atoms with van der Waals surface area (Å²) in [5.41, 5.74) is 0. The molecule has 0 bridgehead atoms. The first kappa shape index (κ1) is 59.0. The number of rotatable bonds is 47. The van der Waals surface area contributed by atoms with Crippen LogP contribution in [-0.4, -0.2) is 54.3 Å². The van der Waals surface area contributed by atoms with E-state index < -0.39 is 26.5 Å². The molecule has 0 aliphatic heterocycles. The van der Waals surface area contributed by atoms with Crippen molar-refractivity contribution in [2.24, 2.45) is 0 Å². The van der Waals surface area contributed by atoms with Crippen molar-refractivity contribution in [3.63, 3.8) is 0 Å². The molecule has 0 rings (SSSR count). The molecule has 61 heavy (non-hydrogen) atoms. The van der Waals surface area contributed by atoms with Crippen molar-refractivity contribution < 1.29 is 37.9 Å². The summed E-state index contributed by atoms with van der Waals surface area (Å²) >= 11 is 0. The highest BCUT2D eigenvalue weighted by Gasteiger charge is 2.23. The molecule has 0 fully saturated rings. The Hall–Kier alpha value is -2.03. The normalized spacial score (nSPS) is 13.6. The number of esters is 1. The summed E-state index contributed by atoms with van der Waals surface area (Å²) in [5, 5.41) is 12.7. The molecule has 1 amide bonds. The molecule has 2 unspecified atom stereocenters. The number of allylic oxidation sites excluding steroid dienone is 8. The summed E-state index contributed by atoms with van der Waals surface area (Å²) in [7, 11) is -4.42. The zero-order chi connectivity index (χ0) is 44.6. The van der Waals surface area contributed by atoms with Gasteiger partial charge in [-0.25, -0.2) is 4.57 Å². The fraction of sp³-hybridized carbons (Fsp3) is 0.804. The number of carbonyl (C=O) groups is 2. The second kappa shape index (κ2) is 47.4. The molecule has 0 saturated carbocycles. The van der Waals surface area contributed by atoms with Gasteiger partial charge in [0.15, 0.2) is 0 Å². The number of hydrogen-bond acceptors (Lipinski definition) is 7. The molecule has 3 N–H and O–H groups in total. The molecule has 2 atom stereocenters. The van der Waals surface area contributed by atoms with Crippen LogP contribution in [0.15, 0.2) is 48.6 Å². The zero-order valence-corrected chi connectivity index (χ0v) is 40.3. The van der Waals surface area contributed by atoms with E-state index in [1.54, 1.807) is 0 Å². The Balaban J connectivity index is 3.56. The van der Waals surface area contributed by atoms with E-state index in [1.807, 2.05) is 0 Å². The molecule has 0 aliphatic rings. The summed E-state index contributed by atoms with van der Waals surface area (Å²) in [6.07, 6.45) is 56.1. The third-order valence-corrected chi connectivity index (χ3v) is 11.7. The maximum atomic E-state index is 12.1. The van der Waals surface area contributed by atoms with Gasteiger partial charge in [-0.15, -0.1) is 0 Å². The number of carbonyl (C=O) groups excluding carboxylic acids is 2. The zero-order valence-electron chi connectivity index (χ0n) is 39.4. The Morgan fingerprint density at radius 3 is 1.31 bits per heavy atom. The third kappa shape index (κ3) is 48.9. The fourth-order valence-corrected chi connectivity index (χ4v) is 7.67. The minimum atomic E-state index is -4.42. The third-order valence-electron chi connectivity index (χ3n) is 10.7. The first-order chi connectivity index (χ1) is 29.8. The van der Waals surface area contributed by atoms with E-state index in [1.165, 1.54) is 154 Å². The van der Waals surface area contributed by atoms with Crippen LogP contribution in [0, 0.1) is 0 Å². The highest BCUT2D eigenvalue weighted by molar-refractivity contribution is 7.47. The lowest BCUT2D eigenvalue weighted by Gasteiger charge is -2.15. The van der Waals surface area contributed by atoms with Gasteiger partial charge < -0.3 is 20.1 Å². The van der Waals surface area contributed by atoms with Gasteiger partial charge in [-0.05, 0) is 77.0 Å². The highest BCUT2D eigenvalue weighted by atomic mass is 31.2. The summed E-state index contributed by atoms with van der Waals surface area (Å²) in [6.45, 7) is 3.52. The topological polar surface area (TPSA) is 131 Å². The molecule has 0 heterocycles. The van der Waals surface area contributed by atoms with E-state index in [0.717, 1.165) is 51.4 Å². The van der Waals surface area contributed by atoms with Crippen LogP contribution in [0.4, 0.5) is 0 Å². The number of phosphoric acid groups is 1. The molecule has 0 spiro atoms. The van der Waals surface area contributed by atoms with E-state index in [4.69, 9.17) is 13.8 Å². The predicted molar refractivity (Wildman–Crippen MR) is 257 cm³/mol. The SMILES string of the molecule is CCCCC/C=C\C/C=C\CCCCCCCCCCCCCC(=O)OCC(O)COP(=O)(O)OCCNC(=O)CCCCCCCCCCC/C=C\C/C=C\CCCCC. The molecule has 0 radical (unpaired) electrons. The van der Waals surface area contributed by atoms with Crippen LogP contribution >= 0.6 is 7.82 Å². The first-order valence-corrected chi connectivity index (χ1v) is 26.6. The molecule has 0 aromatic carbocycles. The smallest absolute Gasteiger partial charge is 0.463 e. The standard InChI is InChI=1S/C51H94NO8P/c1-3-5-7-9-11-13-15-17-19-21-23-24-26-28-30-32-34-36-38-40-42-44-51(55)58-47-49(53)48-60-61(56,57)59-46-45-52-50(54)43-41-39-37-35-33-31-29-27-25-22-20-18-16-14-12-10-8-6-4-2/h11-14,17-20,49,53H,3-10,15-16,21-48H2,1-2H3,(H,52,54)(H,56,57)/b13-11-,14-12-,19-17-,20-18-. The summed E-state index contributed by atoms with van der Waals surface area (Å²) in [6, 6.07) is 0. The molecule has 356 valence electrons. The monoisotopic (exact) mass is 880 g/mol. The van der Waals surface area contributed by atoms with Crippen molar-refractivity contribution in [1.82, 2.24) is 5.32 Å². The summed E-state index contributed by atoms with van der Waals surface area (Å²) < 4.78 is 27.0. The number of nitrogens with one attached hydrogen (secondary N) is 1. The van der Waals surface area contributed by atoms with Gasteiger partial charge >= 0.3 is 13.8 Å². The van der Waals surface area contributed by atoms with Crippen molar-refractivity contribution in [2.75, 3.05) is 26.4 Å². The van der Waals surface area contributed by atoms with Gasteiger partial charge in [-0.2, -0.15) is 0 Å². The first-order valence-electron chi connectivity index (χ1n) is 25.1. The Morgan fingerprint density at radius 1 is 0.508 bits per heavy atom. The lowest BCUT2D eigenvalue weighted by atomic mass is 10.0. The van der Waals surface area contributed by atoms with E-state index in [-0.39, 0.29) is 32.1 Å². The molecular weight excluding hydrogens is 786 g/mol. The Bertz CT molecular complexity index is 1140. The van der Waals surface area contributed by atoms with Crippen LogP contribution < -0.4 is 5.32 Å². The quantitative estimate of drug-likeness (QED) is 0.0238. The largest absolute Gasteiger partial charge is 0.472 e. The lowest BCUT2D eigenvalue weighted by molar-refractivity contribution is -0.147. The minimum Gasteiger partial charge on any atom is -0.463 e. The van der Waals surface area contributed by atoms with Crippen molar-refractivity contribution in [3.8, 4) is 0 Å². The van der Waals surface area contributed by atoms with Crippen LogP contribution in [0.1, 0.15) is 232 Å². The van der Waals surface area contributed by atoms with Crippen molar-refractivity contribution in [1.29, 1.82) is 0 Å². The lowest BCUT2D eigenvalue weighted by Crippen LogP contribution is -2.27. The van der Waals surface area contributed by atoms with Gasteiger partial charge in [0.2, 0.25) is 5.91 Å². The maximum absolute atomic E-state index is 12.1. The number of ether oxygens (including phenoxy) is 1. The second-order valence-electron chi connectivity index (χ2n) is 16.8. The predicted octanol–water partition coefficient (Wildman–Crippen LogP) is 14.7. The number of aliphatic hydroxyl groups excluding tert-OH is 1. The number of amides is 1. The molecule has 9 nitrogen and oxygen atoms in total. The van der Waals surface area contributed by atoms with Crippen LogP contribution in [0.3, 0.4) is 0 Å². The van der Waals surface area contributed by atoms with Crippen molar-refractivity contribution in [3.05, 3.63) is 48.6 Å². The van der Waals surface area contributed by atoms with Gasteiger partial charge in [0.1, 0.15) is 12.7 Å². The van der Waals surface area contributed by atoms with Crippen molar-refractivity contribution >= 4 is 19.7 Å². The molecule has 0 aromatic rings. The molecule has 0 saturated heterocycles. The Labute approximate surface area is 375 Å². The molecule has 0 aromatic heterocycles. The van der Waals surface area contributed by atoms with E-state index in [2.05, 4.69) is 67.8 Å². The maximum Gasteiger partial charge on any atom is 0.472 e. The Morgan fingerprint density at radius 2 is 0.885 bits per heavy atom. The van der Waals surface area contributed by atoms with Crippen molar-refractivity contribution in [2.45, 2.75) is 238 Å². The van der Waals surface area contributed by atoms with Gasteiger partial charge in [-0.3, -0.25) is 18.6 Å². The van der Waals surface area contributed by atoms with Gasteiger partial charge in [0.25, 0.3) is 0 Å². The van der Waals surface area contributed by atoms with E-state index in [0.29, 0.717) is 6.42 Å². The fourth-order valence-electron chi connectivity index (χ4n) is 6.91. The van der Waals surface area contributed by atoms with Crippen LogP contribution in [0.25, 0.3) is 0 Å². The number of unbranched alkanes of at least 4 members (excludes halogenated alkanes) is 26.